The lowest BCUT2D eigenvalue weighted by Gasteiger charge is -2.10. The van der Waals surface area contributed by atoms with Crippen molar-refractivity contribution < 1.29 is 23.8 Å². The number of hydrazone groups is 1. The maximum Gasteiger partial charge on any atom is 0.344 e. The molecule has 1 amide bonds. The van der Waals surface area contributed by atoms with Crippen LogP contribution < -0.4 is 19.6 Å². The second-order valence-corrected chi connectivity index (χ2v) is 7.53. The molecule has 3 aromatic carbocycles. The van der Waals surface area contributed by atoms with Gasteiger partial charge in [-0.3, -0.25) is 4.79 Å². The maximum absolute atomic E-state index is 12.4. The third-order valence-electron chi connectivity index (χ3n) is 4.25. The third kappa shape index (κ3) is 6.42. The minimum atomic E-state index is -0.516. The molecule has 3 rings (SSSR count). The van der Waals surface area contributed by atoms with Gasteiger partial charge in [-0.1, -0.05) is 24.3 Å². The molecule has 164 valence electrons. The highest BCUT2D eigenvalue weighted by Crippen LogP contribution is 2.29. The molecule has 0 spiro atoms. The first-order valence-corrected chi connectivity index (χ1v) is 10.4. The number of carbonyl (C=O) groups is 2. The van der Waals surface area contributed by atoms with Crippen LogP contribution in [0.1, 0.15) is 21.5 Å². The van der Waals surface area contributed by atoms with Gasteiger partial charge in [0.15, 0.2) is 18.1 Å². The second-order valence-electron chi connectivity index (χ2n) is 6.68. The van der Waals surface area contributed by atoms with Gasteiger partial charge in [0, 0.05) is 4.47 Å². The number of benzene rings is 3. The van der Waals surface area contributed by atoms with Gasteiger partial charge in [0.05, 0.1) is 18.9 Å². The van der Waals surface area contributed by atoms with E-state index in [1.54, 1.807) is 42.5 Å². The Morgan fingerprint density at radius 1 is 1.03 bits per heavy atom. The zero-order valence-corrected chi connectivity index (χ0v) is 19.1. The van der Waals surface area contributed by atoms with Crippen LogP contribution in [-0.2, 0) is 4.79 Å². The molecule has 7 nitrogen and oxygen atoms in total. The van der Waals surface area contributed by atoms with Gasteiger partial charge in [0.2, 0.25) is 0 Å². The zero-order valence-electron chi connectivity index (χ0n) is 17.5. The molecule has 1 N–H and O–H groups in total. The number of carbonyl (C=O) groups excluding carboxylic acids is 2. The fourth-order valence-corrected chi connectivity index (χ4v) is 3.14. The van der Waals surface area contributed by atoms with E-state index >= 15 is 0 Å². The zero-order chi connectivity index (χ0) is 22.9. The summed E-state index contributed by atoms with van der Waals surface area (Å²) in [5.41, 5.74) is 4.48. The van der Waals surface area contributed by atoms with E-state index in [-0.39, 0.29) is 12.4 Å². The number of hydrogen-bond donors (Lipinski definition) is 1. The van der Waals surface area contributed by atoms with Gasteiger partial charge in [-0.05, 0) is 76.4 Å². The maximum atomic E-state index is 12.4. The summed E-state index contributed by atoms with van der Waals surface area (Å²) < 4.78 is 16.8. The van der Waals surface area contributed by atoms with Crippen molar-refractivity contribution in [3.63, 3.8) is 0 Å². The van der Waals surface area contributed by atoms with Crippen molar-refractivity contribution in [3.05, 3.63) is 87.9 Å². The predicted octanol–water partition coefficient (Wildman–Crippen LogP) is 4.51. The standard InChI is InChI=1S/C24H21BrN2O5/c1-16-6-5-7-18(12-16)31-15-23(28)27-26-14-17-10-11-21(22(13-17)30-2)32-24(29)19-8-3-4-9-20(19)25/h3-14H,15H2,1-2H3,(H,27,28). The average Bonchev–Trinajstić information content (AvgIpc) is 2.79. The summed E-state index contributed by atoms with van der Waals surface area (Å²) in [7, 11) is 1.47. The van der Waals surface area contributed by atoms with Crippen LogP contribution >= 0.6 is 15.9 Å². The monoisotopic (exact) mass is 496 g/mol. The first-order valence-electron chi connectivity index (χ1n) is 9.62. The van der Waals surface area contributed by atoms with Gasteiger partial charge < -0.3 is 14.2 Å². The number of esters is 1. The van der Waals surface area contributed by atoms with E-state index < -0.39 is 11.9 Å². The third-order valence-corrected chi connectivity index (χ3v) is 4.94. The van der Waals surface area contributed by atoms with Crippen LogP contribution in [0.3, 0.4) is 0 Å². The molecule has 0 atom stereocenters. The highest BCUT2D eigenvalue weighted by Gasteiger charge is 2.15. The van der Waals surface area contributed by atoms with Crippen molar-refractivity contribution in [1.29, 1.82) is 0 Å². The normalized spacial score (nSPS) is 10.6. The number of ether oxygens (including phenoxy) is 3. The first-order chi connectivity index (χ1) is 15.5. The van der Waals surface area contributed by atoms with Crippen LogP contribution in [0.5, 0.6) is 17.2 Å². The van der Waals surface area contributed by atoms with Crippen LogP contribution in [0.4, 0.5) is 0 Å². The van der Waals surface area contributed by atoms with Crippen LogP contribution in [0, 0.1) is 6.92 Å². The molecule has 3 aromatic rings. The molecule has 0 aliphatic rings. The largest absolute Gasteiger partial charge is 0.493 e. The summed E-state index contributed by atoms with van der Waals surface area (Å²) in [6.45, 7) is 1.78. The Morgan fingerprint density at radius 2 is 1.84 bits per heavy atom. The number of methoxy groups -OCH3 is 1. The molecule has 32 heavy (non-hydrogen) atoms. The number of hydrogen-bond acceptors (Lipinski definition) is 6. The topological polar surface area (TPSA) is 86.2 Å². The first kappa shape index (κ1) is 23.0. The van der Waals surface area contributed by atoms with E-state index in [1.165, 1.54) is 13.3 Å². The smallest absolute Gasteiger partial charge is 0.344 e. The molecular formula is C24H21BrN2O5. The Morgan fingerprint density at radius 3 is 2.59 bits per heavy atom. The van der Waals surface area contributed by atoms with Crippen molar-refractivity contribution in [3.8, 4) is 17.2 Å². The second kappa shape index (κ2) is 11.1. The van der Waals surface area contributed by atoms with E-state index in [9.17, 15) is 9.59 Å². The van der Waals surface area contributed by atoms with Crippen molar-refractivity contribution in [1.82, 2.24) is 5.43 Å². The minimum Gasteiger partial charge on any atom is -0.493 e. The van der Waals surface area contributed by atoms with E-state index in [1.807, 2.05) is 31.2 Å². The number of nitrogens with one attached hydrogen (secondary N) is 1. The summed E-state index contributed by atoms with van der Waals surface area (Å²) in [5.74, 6) is 0.317. The number of halogens is 1. The van der Waals surface area contributed by atoms with E-state index in [2.05, 4.69) is 26.5 Å². The molecule has 0 aliphatic heterocycles. The van der Waals surface area contributed by atoms with Gasteiger partial charge in [0.25, 0.3) is 5.91 Å². The van der Waals surface area contributed by atoms with Crippen molar-refractivity contribution in [2.24, 2.45) is 5.10 Å². The molecule has 0 bridgehead atoms. The number of aryl methyl sites for hydroxylation is 1. The van der Waals surface area contributed by atoms with Gasteiger partial charge in [0.1, 0.15) is 5.75 Å². The van der Waals surface area contributed by atoms with Gasteiger partial charge in [-0.2, -0.15) is 5.10 Å². The van der Waals surface area contributed by atoms with Crippen LogP contribution in [0.15, 0.2) is 76.3 Å². The van der Waals surface area contributed by atoms with Gasteiger partial charge >= 0.3 is 5.97 Å². The Bertz CT molecular complexity index is 1150. The fraction of sp³-hybridized carbons (Fsp3) is 0.125. The average molecular weight is 497 g/mol. The molecule has 0 saturated carbocycles. The molecule has 0 fully saturated rings. The minimum absolute atomic E-state index is 0.159. The lowest BCUT2D eigenvalue weighted by Crippen LogP contribution is -2.24. The highest BCUT2D eigenvalue weighted by molar-refractivity contribution is 9.10. The SMILES string of the molecule is COc1cc(C=NNC(=O)COc2cccc(C)c2)ccc1OC(=O)c1ccccc1Br. The molecule has 0 heterocycles. The Balaban J connectivity index is 1.58. The highest BCUT2D eigenvalue weighted by atomic mass is 79.9. The van der Waals surface area contributed by atoms with Crippen LogP contribution in [0.25, 0.3) is 0 Å². The van der Waals surface area contributed by atoms with Gasteiger partial charge in [-0.15, -0.1) is 0 Å². The summed E-state index contributed by atoms with van der Waals surface area (Å²) in [4.78, 5) is 24.3. The molecule has 0 radical (unpaired) electrons. The van der Waals surface area contributed by atoms with E-state index in [0.717, 1.165) is 5.56 Å². The molecular weight excluding hydrogens is 476 g/mol. The van der Waals surface area contributed by atoms with Crippen LogP contribution in [0.2, 0.25) is 0 Å². The Hall–Kier alpha value is -3.65. The number of nitrogens with zero attached hydrogens (tertiary/aromatic N) is 1. The quantitative estimate of drug-likeness (QED) is 0.214. The number of amides is 1. The predicted molar refractivity (Wildman–Crippen MR) is 125 cm³/mol. The van der Waals surface area contributed by atoms with Crippen molar-refractivity contribution in [2.75, 3.05) is 13.7 Å². The number of rotatable bonds is 8. The summed E-state index contributed by atoms with van der Waals surface area (Å²) in [6.07, 6.45) is 1.45. The molecule has 0 aromatic heterocycles. The summed E-state index contributed by atoms with van der Waals surface area (Å²) in [5, 5.41) is 3.92. The lowest BCUT2D eigenvalue weighted by atomic mass is 10.2. The molecule has 8 heteroatoms. The van der Waals surface area contributed by atoms with E-state index in [0.29, 0.717) is 27.1 Å². The van der Waals surface area contributed by atoms with Crippen molar-refractivity contribution in [2.45, 2.75) is 6.92 Å². The Labute approximate surface area is 194 Å². The fourth-order valence-electron chi connectivity index (χ4n) is 2.70. The summed E-state index contributed by atoms with van der Waals surface area (Å²) >= 11 is 3.33. The molecule has 0 saturated heterocycles. The van der Waals surface area contributed by atoms with Crippen molar-refractivity contribution >= 4 is 34.0 Å². The summed E-state index contributed by atoms with van der Waals surface area (Å²) in [6, 6.07) is 19.3. The molecule has 0 aliphatic carbocycles. The van der Waals surface area contributed by atoms with E-state index in [4.69, 9.17) is 14.2 Å². The van der Waals surface area contributed by atoms with Gasteiger partial charge in [-0.25, -0.2) is 10.2 Å². The Kier molecular flexibility index (Phi) is 7.99. The lowest BCUT2D eigenvalue weighted by molar-refractivity contribution is -0.123. The molecule has 0 unspecified atom stereocenters. The van der Waals surface area contributed by atoms with Crippen LogP contribution in [-0.4, -0.2) is 31.8 Å².